The number of nitrogens with one attached hydrogen (secondary N) is 1. The number of benzene rings is 1. The highest BCUT2D eigenvalue weighted by atomic mass is 16.5. The number of carbonyl (C=O) groups excluding carboxylic acids is 1. The standard InChI is InChI=1S/C16H18N2O3/c1-10-5-11(2)7-12(6-10)17-16(20)13-9-18(3)15(19)8-14(13)21-4/h5-9H,1-4H3,(H,17,20). The van der Waals surface area contributed by atoms with Gasteiger partial charge in [0.05, 0.1) is 12.7 Å². The Morgan fingerprint density at radius 2 is 1.76 bits per heavy atom. The third-order valence-corrected chi connectivity index (χ3v) is 3.13. The number of anilines is 1. The number of rotatable bonds is 3. The van der Waals surface area contributed by atoms with E-state index in [4.69, 9.17) is 4.74 Å². The highest BCUT2D eigenvalue weighted by Gasteiger charge is 2.14. The Morgan fingerprint density at radius 1 is 1.14 bits per heavy atom. The number of methoxy groups -OCH3 is 1. The van der Waals surface area contributed by atoms with Gasteiger partial charge in [0.25, 0.3) is 11.5 Å². The largest absolute Gasteiger partial charge is 0.496 e. The van der Waals surface area contributed by atoms with Gasteiger partial charge in [-0.2, -0.15) is 0 Å². The fourth-order valence-electron chi connectivity index (χ4n) is 2.20. The fraction of sp³-hybridized carbons (Fsp3) is 0.250. The van der Waals surface area contributed by atoms with Gasteiger partial charge in [-0.25, -0.2) is 0 Å². The van der Waals surface area contributed by atoms with Crippen molar-refractivity contribution in [1.82, 2.24) is 4.57 Å². The fourth-order valence-corrected chi connectivity index (χ4v) is 2.20. The van der Waals surface area contributed by atoms with Crippen LogP contribution in [0.15, 0.2) is 35.3 Å². The molecule has 5 heteroatoms. The van der Waals surface area contributed by atoms with Gasteiger partial charge in [-0.3, -0.25) is 9.59 Å². The minimum atomic E-state index is -0.313. The van der Waals surface area contributed by atoms with E-state index in [1.54, 1.807) is 7.05 Å². The molecule has 0 radical (unpaired) electrons. The lowest BCUT2D eigenvalue weighted by atomic mass is 10.1. The molecule has 0 unspecified atom stereocenters. The summed E-state index contributed by atoms with van der Waals surface area (Å²) in [5.74, 6) is -0.0487. The lowest BCUT2D eigenvalue weighted by Crippen LogP contribution is -2.21. The molecule has 0 atom stereocenters. The second-order valence-corrected chi connectivity index (χ2v) is 5.04. The van der Waals surface area contributed by atoms with Crippen LogP contribution in [0.25, 0.3) is 0 Å². The van der Waals surface area contributed by atoms with Crippen molar-refractivity contribution in [2.75, 3.05) is 12.4 Å². The predicted molar refractivity (Wildman–Crippen MR) is 82.1 cm³/mol. The molecular weight excluding hydrogens is 268 g/mol. The first-order valence-corrected chi connectivity index (χ1v) is 6.55. The van der Waals surface area contributed by atoms with Crippen LogP contribution < -0.4 is 15.6 Å². The minimum Gasteiger partial charge on any atom is -0.496 e. The van der Waals surface area contributed by atoms with Crippen molar-refractivity contribution in [2.45, 2.75) is 13.8 Å². The lowest BCUT2D eigenvalue weighted by Gasteiger charge is -2.11. The molecule has 0 spiro atoms. The molecule has 1 amide bonds. The molecule has 1 aromatic carbocycles. The Kier molecular flexibility index (Phi) is 4.12. The molecule has 0 saturated carbocycles. The summed E-state index contributed by atoms with van der Waals surface area (Å²) in [7, 11) is 3.03. The van der Waals surface area contributed by atoms with Crippen LogP contribution in [0, 0.1) is 13.8 Å². The van der Waals surface area contributed by atoms with E-state index in [-0.39, 0.29) is 17.2 Å². The Balaban J connectivity index is 2.36. The van der Waals surface area contributed by atoms with Crippen LogP contribution in [-0.4, -0.2) is 17.6 Å². The monoisotopic (exact) mass is 286 g/mol. The predicted octanol–water partition coefficient (Wildman–Crippen LogP) is 2.26. The summed E-state index contributed by atoms with van der Waals surface area (Å²) in [6, 6.07) is 7.11. The molecule has 0 aliphatic rings. The average molecular weight is 286 g/mol. The normalized spacial score (nSPS) is 10.3. The molecule has 1 heterocycles. The Labute approximate surface area is 123 Å². The van der Waals surface area contributed by atoms with Crippen LogP contribution in [-0.2, 0) is 7.05 Å². The smallest absolute Gasteiger partial charge is 0.260 e. The van der Waals surface area contributed by atoms with Gasteiger partial charge in [0.1, 0.15) is 5.75 Å². The van der Waals surface area contributed by atoms with Crippen LogP contribution >= 0.6 is 0 Å². The maximum Gasteiger partial charge on any atom is 0.260 e. The number of aromatic nitrogens is 1. The minimum absolute atomic E-state index is 0.227. The second-order valence-electron chi connectivity index (χ2n) is 5.04. The molecule has 0 saturated heterocycles. The van der Waals surface area contributed by atoms with Gasteiger partial charge < -0.3 is 14.6 Å². The molecular formula is C16H18N2O3. The molecule has 2 aromatic rings. The highest BCUT2D eigenvalue weighted by Crippen LogP contribution is 2.19. The van der Waals surface area contributed by atoms with Crippen molar-refractivity contribution in [3.05, 3.63) is 57.5 Å². The molecule has 2 rings (SSSR count). The Bertz CT molecular complexity index is 727. The van der Waals surface area contributed by atoms with Crippen molar-refractivity contribution in [3.8, 4) is 5.75 Å². The van der Waals surface area contributed by atoms with Crippen LogP contribution in [0.2, 0.25) is 0 Å². The van der Waals surface area contributed by atoms with Crippen LogP contribution in [0.3, 0.4) is 0 Å². The van der Waals surface area contributed by atoms with E-state index in [1.807, 2.05) is 32.0 Å². The molecule has 110 valence electrons. The number of nitrogens with zero attached hydrogens (tertiary/aromatic N) is 1. The summed E-state index contributed by atoms with van der Waals surface area (Å²) in [5, 5.41) is 2.83. The number of hydrogen-bond donors (Lipinski definition) is 1. The van der Waals surface area contributed by atoms with E-state index < -0.39 is 0 Å². The van der Waals surface area contributed by atoms with Crippen molar-refractivity contribution >= 4 is 11.6 Å². The Hall–Kier alpha value is -2.56. The number of aryl methyl sites for hydroxylation is 3. The van der Waals surface area contributed by atoms with E-state index in [2.05, 4.69) is 5.32 Å². The van der Waals surface area contributed by atoms with Gasteiger partial charge in [0.15, 0.2) is 0 Å². The van der Waals surface area contributed by atoms with Crippen molar-refractivity contribution in [2.24, 2.45) is 7.05 Å². The first kappa shape index (κ1) is 14.8. The van der Waals surface area contributed by atoms with Gasteiger partial charge in [-0.05, 0) is 37.1 Å². The molecule has 21 heavy (non-hydrogen) atoms. The third-order valence-electron chi connectivity index (χ3n) is 3.13. The highest BCUT2D eigenvalue weighted by molar-refractivity contribution is 6.06. The number of hydrogen-bond acceptors (Lipinski definition) is 3. The number of amides is 1. The van der Waals surface area contributed by atoms with E-state index in [1.165, 1.54) is 23.9 Å². The maximum absolute atomic E-state index is 12.4. The molecule has 1 N–H and O–H groups in total. The van der Waals surface area contributed by atoms with Crippen LogP contribution in [0.1, 0.15) is 21.5 Å². The topological polar surface area (TPSA) is 60.3 Å². The first-order valence-electron chi connectivity index (χ1n) is 6.55. The molecule has 0 aliphatic carbocycles. The zero-order valence-electron chi connectivity index (χ0n) is 12.6. The van der Waals surface area contributed by atoms with Crippen LogP contribution in [0.5, 0.6) is 5.75 Å². The molecule has 1 aromatic heterocycles. The van der Waals surface area contributed by atoms with E-state index in [9.17, 15) is 9.59 Å². The molecule has 0 fully saturated rings. The van der Waals surface area contributed by atoms with E-state index in [0.717, 1.165) is 11.1 Å². The summed E-state index contributed by atoms with van der Waals surface area (Å²) >= 11 is 0. The van der Waals surface area contributed by atoms with Crippen molar-refractivity contribution in [3.63, 3.8) is 0 Å². The SMILES string of the molecule is COc1cc(=O)n(C)cc1C(=O)Nc1cc(C)cc(C)c1. The van der Waals surface area contributed by atoms with Gasteiger partial charge in [-0.15, -0.1) is 0 Å². The zero-order valence-corrected chi connectivity index (χ0v) is 12.6. The average Bonchev–Trinajstić information content (AvgIpc) is 2.40. The number of carbonyl (C=O) groups is 1. The summed E-state index contributed by atoms with van der Waals surface area (Å²) < 4.78 is 6.46. The van der Waals surface area contributed by atoms with Gasteiger partial charge in [0.2, 0.25) is 0 Å². The summed E-state index contributed by atoms with van der Waals surface area (Å²) in [6.45, 7) is 3.94. The van der Waals surface area contributed by atoms with Crippen molar-refractivity contribution in [1.29, 1.82) is 0 Å². The first-order chi connectivity index (χ1) is 9.90. The van der Waals surface area contributed by atoms with Gasteiger partial charge >= 0.3 is 0 Å². The quantitative estimate of drug-likeness (QED) is 0.941. The zero-order chi connectivity index (χ0) is 15.6. The Morgan fingerprint density at radius 3 is 2.33 bits per heavy atom. The summed E-state index contributed by atoms with van der Waals surface area (Å²) in [4.78, 5) is 23.9. The lowest BCUT2D eigenvalue weighted by molar-refractivity contribution is 0.102. The van der Waals surface area contributed by atoms with E-state index in [0.29, 0.717) is 11.3 Å². The van der Waals surface area contributed by atoms with Crippen molar-refractivity contribution < 1.29 is 9.53 Å². The van der Waals surface area contributed by atoms with Gasteiger partial charge in [-0.1, -0.05) is 6.07 Å². The number of pyridine rings is 1. The second kappa shape index (κ2) is 5.83. The molecule has 5 nitrogen and oxygen atoms in total. The van der Waals surface area contributed by atoms with Gasteiger partial charge in [0, 0.05) is 25.0 Å². The summed E-state index contributed by atoms with van der Waals surface area (Å²) in [6.07, 6.45) is 1.47. The maximum atomic E-state index is 12.4. The number of ether oxygens (including phenoxy) is 1. The third kappa shape index (κ3) is 3.31. The molecule has 0 aliphatic heterocycles. The molecule has 0 bridgehead atoms. The van der Waals surface area contributed by atoms with E-state index >= 15 is 0 Å². The van der Waals surface area contributed by atoms with Crippen LogP contribution in [0.4, 0.5) is 5.69 Å². The summed E-state index contributed by atoms with van der Waals surface area (Å²) in [5.41, 5.74) is 2.94.